The van der Waals surface area contributed by atoms with Gasteiger partial charge in [0.2, 0.25) is 0 Å². The molecule has 0 aliphatic heterocycles. The zero-order chi connectivity index (χ0) is 17.7. The number of aliphatic hydroxyl groups is 7. The first kappa shape index (κ1) is 20.8. The average molecular weight is 336 g/mol. The lowest BCUT2D eigenvalue weighted by atomic mass is 9.73. The van der Waals surface area contributed by atoms with E-state index in [9.17, 15) is 30.6 Å². The fraction of sp³-hybridized carbons (Fsp3) is 1.00. The molecular formula is C16H32O7. The van der Waals surface area contributed by atoms with Crippen LogP contribution in [0.2, 0.25) is 0 Å². The van der Waals surface area contributed by atoms with Crippen LogP contribution in [0.5, 0.6) is 0 Å². The molecule has 1 aliphatic carbocycles. The van der Waals surface area contributed by atoms with Crippen molar-refractivity contribution in [1.82, 2.24) is 0 Å². The van der Waals surface area contributed by atoms with Gasteiger partial charge in [-0.15, -0.1) is 0 Å². The molecule has 0 radical (unpaired) electrons. The molecule has 1 aliphatic rings. The predicted molar refractivity (Wildman–Crippen MR) is 83.4 cm³/mol. The van der Waals surface area contributed by atoms with Gasteiger partial charge < -0.3 is 35.7 Å². The van der Waals surface area contributed by atoms with Gasteiger partial charge in [0.15, 0.2) is 0 Å². The van der Waals surface area contributed by atoms with Crippen LogP contribution in [0.25, 0.3) is 0 Å². The van der Waals surface area contributed by atoms with Crippen molar-refractivity contribution < 1.29 is 35.7 Å². The summed E-state index contributed by atoms with van der Waals surface area (Å²) in [7, 11) is 0. The van der Waals surface area contributed by atoms with Crippen molar-refractivity contribution in [3.8, 4) is 0 Å². The number of hydrogen-bond acceptors (Lipinski definition) is 7. The molecule has 0 heterocycles. The van der Waals surface area contributed by atoms with Gasteiger partial charge in [-0.25, -0.2) is 0 Å². The van der Waals surface area contributed by atoms with E-state index < -0.39 is 36.4 Å². The number of aliphatic hydroxyl groups excluding tert-OH is 7. The summed E-state index contributed by atoms with van der Waals surface area (Å²) in [6, 6.07) is 0. The Hall–Kier alpha value is -0.280. The summed E-state index contributed by atoms with van der Waals surface area (Å²) in [5.74, 6) is -1.43. The fourth-order valence-electron chi connectivity index (χ4n) is 3.39. The highest BCUT2D eigenvalue weighted by Gasteiger charge is 2.38. The van der Waals surface area contributed by atoms with Gasteiger partial charge in [-0.2, -0.15) is 0 Å². The summed E-state index contributed by atoms with van der Waals surface area (Å²) < 4.78 is 0. The van der Waals surface area contributed by atoms with Gasteiger partial charge in [0.25, 0.3) is 0 Å². The van der Waals surface area contributed by atoms with Gasteiger partial charge >= 0.3 is 0 Å². The minimum atomic E-state index is -1.38. The lowest BCUT2D eigenvalue weighted by molar-refractivity contribution is -0.109. The minimum absolute atomic E-state index is 0.156. The van der Waals surface area contributed by atoms with Crippen molar-refractivity contribution in [2.75, 3.05) is 13.2 Å². The Morgan fingerprint density at radius 2 is 1.30 bits per heavy atom. The standard InChI is InChI=1S/C16H32O7/c1-8(14(21)16(23)15(22)9(2)6-17)3-10-4-11(7-18)13(20)5-12(10)19/h8-23H,3-7H2,1-2H3/t8-,9-,10+,11-,12-,13+,14+,15-,16-/m1/s1. The Morgan fingerprint density at radius 3 is 1.83 bits per heavy atom. The quantitative estimate of drug-likeness (QED) is 0.285. The molecule has 0 aromatic carbocycles. The third-order valence-electron chi connectivity index (χ3n) is 5.24. The first-order chi connectivity index (χ1) is 10.7. The maximum absolute atomic E-state index is 10.2. The van der Waals surface area contributed by atoms with Crippen LogP contribution in [0.4, 0.5) is 0 Å². The first-order valence-corrected chi connectivity index (χ1v) is 8.34. The summed E-state index contributed by atoms with van der Waals surface area (Å²) in [4.78, 5) is 0. The van der Waals surface area contributed by atoms with Crippen LogP contribution >= 0.6 is 0 Å². The third-order valence-corrected chi connectivity index (χ3v) is 5.24. The molecule has 0 aromatic rings. The zero-order valence-electron chi connectivity index (χ0n) is 13.9. The second-order valence-corrected chi connectivity index (χ2v) is 7.15. The molecule has 0 spiro atoms. The monoisotopic (exact) mass is 336 g/mol. The van der Waals surface area contributed by atoms with Crippen LogP contribution in [-0.4, -0.2) is 79.5 Å². The summed E-state index contributed by atoms with van der Waals surface area (Å²) in [6.45, 7) is 2.84. The molecule has 7 nitrogen and oxygen atoms in total. The van der Waals surface area contributed by atoms with Crippen molar-refractivity contribution in [3.05, 3.63) is 0 Å². The Morgan fingerprint density at radius 1 is 0.783 bits per heavy atom. The highest BCUT2D eigenvalue weighted by Crippen LogP contribution is 2.34. The molecule has 7 N–H and O–H groups in total. The van der Waals surface area contributed by atoms with Crippen molar-refractivity contribution in [2.45, 2.75) is 63.6 Å². The molecule has 0 unspecified atom stereocenters. The first-order valence-electron chi connectivity index (χ1n) is 8.34. The van der Waals surface area contributed by atoms with Crippen molar-refractivity contribution >= 4 is 0 Å². The Balaban J connectivity index is 2.61. The maximum Gasteiger partial charge on any atom is 0.106 e. The van der Waals surface area contributed by atoms with E-state index in [2.05, 4.69) is 0 Å². The smallest absolute Gasteiger partial charge is 0.106 e. The molecule has 23 heavy (non-hydrogen) atoms. The Bertz CT molecular complexity index is 340. The Kier molecular flexibility index (Phi) is 8.37. The predicted octanol–water partition coefficient (Wildman–Crippen LogP) is -1.54. The van der Waals surface area contributed by atoms with Gasteiger partial charge in [0, 0.05) is 25.0 Å². The van der Waals surface area contributed by atoms with Gasteiger partial charge in [0.1, 0.15) is 6.10 Å². The number of hydrogen-bond donors (Lipinski definition) is 7. The lowest BCUT2D eigenvalue weighted by Gasteiger charge is -2.38. The Labute approximate surface area is 137 Å². The molecule has 1 saturated carbocycles. The van der Waals surface area contributed by atoms with E-state index in [1.807, 2.05) is 0 Å². The normalized spacial score (nSPS) is 35.3. The van der Waals surface area contributed by atoms with E-state index in [4.69, 9.17) is 5.11 Å². The topological polar surface area (TPSA) is 142 Å². The van der Waals surface area contributed by atoms with E-state index in [0.29, 0.717) is 12.8 Å². The average Bonchev–Trinajstić information content (AvgIpc) is 2.54. The van der Waals surface area contributed by atoms with Gasteiger partial charge in [-0.3, -0.25) is 0 Å². The summed E-state index contributed by atoms with van der Waals surface area (Å²) in [6.07, 6.45) is -4.22. The van der Waals surface area contributed by atoms with E-state index in [-0.39, 0.29) is 37.4 Å². The lowest BCUT2D eigenvalue weighted by Crippen LogP contribution is -2.46. The molecule has 0 aromatic heterocycles. The highest BCUT2D eigenvalue weighted by molar-refractivity contribution is 4.89. The summed E-state index contributed by atoms with van der Waals surface area (Å²) in [5.41, 5.74) is 0. The van der Waals surface area contributed by atoms with Gasteiger partial charge in [0.05, 0.1) is 24.4 Å². The summed E-state index contributed by atoms with van der Waals surface area (Å²) in [5, 5.41) is 68.3. The second kappa shape index (κ2) is 9.27. The van der Waals surface area contributed by atoms with Crippen LogP contribution in [0.3, 0.4) is 0 Å². The molecule has 0 amide bonds. The molecule has 138 valence electrons. The maximum atomic E-state index is 10.2. The van der Waals surface area contributed by atoms with Crippen molar-refractivity contribution in [1.29, 1.82) is 0 Å². The van der Waals surface area contributed by atoms with Gasteiger partial charge in [-0.1, -0.05) is 13.8 Å². The zero-order valence-corrected chi connectivity index (χ0v) is 13.9. The largest absolute Gasteiger partial charge is 0.396 e. The fourth-order valence-corrected chi connectivity index (χ4v) is 3.39. The highest BCUT2D eigenvalue weighted by atomic mass is 16.4. The molecule has 7 heteroatoms. The molecule has 1 rings (SSSR count). The number of rotatable bonds is 8. The van der Waals surface area contributed by atoms with Crippen molar-refractivity contribution in [2.24, 2.45) is 23.7 Å². The molecule has 0 saturated heterocycles. The summed E-state index contributed by atoms with van der Waals surface area (Å²) >= 11 is 0. The third kappa shape index (κ3) is 5.35. The molecular weight excluding hydrogens is 304 g/mol. The SMILES string of the molecule is C[C@H](C[C@H]1C[C@H](CO)[C@@H](O)C[C@H]1O)[C@H](O)[C@@H](O)[C@H](O)[C@H](C)CO. The van der Waals surface area contributed by atoms with Crippen LogP contribution in [-0.2, 0) is 0 Å². The van der Waals surface area contributed by atoms with Crippen LogP contribution in [0, 0.1) is 23.7 Å². The van der Waals surface area contributed by atoms with Crippen molar-refractivity contribution in [3.63, 3.8) is 0 Å². The van der Waals surface area contributed by atoms with Crippen LogP contribution < -0.4 is 0 Å². The minimum Gasteiger partial charge on any atom is -0.396 e. The van der Waals surface area contributed by atoms with E-state index >= 15 is 0 Å². The van der Waals surface area contributed by atoms with E-state index in [0.717, 1.165) is 0 Å². The van der Waals surface area contributed by atoms with Gasteiger partial charge in [-0.05, 0) is 31.1 Å². The molecule has 1 fully saturated rings. The molecule has 0 bridgehead atoms. The van der Waals surface area contributed by atoms with Crippen LogP contribution in [0.1, 0.15) is 33.1 Å². The van der Waals surface area contributed by atoms with E-state index in [1.165, 1.54) is 0 Å². The molecule has 9 atom stereocenters. The van der Waals surface area contributed by atoms with Crippen LogP contribution in [0.15, 0.2) is 0 Å². The van der Waals surface area contributed by atoms with E-state index in [1.54, 1.807) is 13.8 Å². The second-order valence-electron chi connectivity index (χ2n) is 7.15.